The van der Waals surface area contributed by atoms with Crippen molar-refractivity contribution in [2.75, 3.05) is 0 Å². The van der Waals surface area contributed by atoms with Crippen LogP contribution in [0.5, 0.6) is 0 Å². The second-order valence-electron chi connectivity index (χ2n) is 6.72. The van der Waals surface area contributed by atoms with Crippen LogP contribution in [-0.4, -0.2) is 27.2 Å². The van der Waals surface area contributed by atoms with Gasteiger partial charge in [0, 0.05) is 6.54 Å². The molecule has 1 rings (SSSR count). The first-order chi connectivity index (χ1) is 8.59. The number of hydrogen-bond donors (Lipinski definition) is 0. The second-order valence-corrected chi connectivity index (χ2v) is 16.0. The number of amides is 1. The normalized spacial score (nSPS) is 12.1. The molecule has 0 N–H and O–H groups in total. The number of carbonyl (C=O) groups is 1. The van der Waals surface area contributed by atoms with Crippen LogP contribution in [0, 0.1) is 0 Å². The Hall–Kier alpha value is -1.08. The van der Waals surface area contributed by atoms with Gasteiger partial charge in [-0.1, -0.05) is 50.0 Å². The number of benzene rings is 1. The van der Waals surface area contributed by atoms with Crippen molar-refractivity contribution in [2.45, 2.75) is 45.8 Å². The molecule has 0 aliphatic heterocycles. The van der Waals surface area contributed by atoms with E-state index in [0.29, 0.717) is 6.54 Å². The third-order valence-corrected chi connectivity index (χ3v) is 5.35. The first kappa shape index (κ1) is 16.0. The summed E-state index contributed by atoms with van der Waals surface area (Å²) in [6, 6.07) is 10.1. The Morgan fingerprint density at radius 2 is 1.58 bits per heavy atom. The molecule has 0 unspecified atom stereocenters. The fourth-order valence-electron chi connectivity index (χ4n) is 1.66. The Kier molecular flexibility index (Phi) is 4.98. The lowest BCUT2D eigenvalue weighted by Crippen LogP contribution is -2.51. The lowest BCUT2D eigenvalue weighted by molar-refractivity contribution is 0.173. The van der Waals surface area contributed by atoms with Crippen molar-refractivity contribution in [1.29, 1.82) is 0 Å². The van der Waals surface area contributed by atoms with E-state index in [9.17, 15) is 4.79 Å². The van der Waals surface area contributed by atoms with Gasteiger partial charge in [0.1, 0.15) is 0 Å². The summed E-state index contributed by atoms with van der Waals surface area (Å²) < 4.78 is 7.59. The fourth-order valence-corrected chi connectivity index (χ4v) is 3.63. The first-order valence-corrected chi connectivity index (χ1v) is 13.5. The average molecular weight is 296 g/mol. The zero-order valence-corrected chi connectivity index (χ0v) is 14.9. The number of nitrogens with zero attached hydrogens (tertiary/aromatic N) is 1. The Balaban J connectivity index is 2.88. The highest BCUT2D eigenvalue weighted by Crippen LogP contribution is 2.18. The van der Waals surface area contributed by atoms with Crippen LogP contribution in [0.1, 0.15) is 5.56 Å². The van der Waals surface area contributed by atoms with Gasteiger partial charge in [-0.05, 0) is 25.2 Å². The molecule has 0 aliphatic carbocycles. The quantitative estimate of drug-likeness (QED) is 0.775. The summed E-state index contributed by atoms with van der Waals surface area (Å²) in [7, 11) is -3.60. The summed E-state index contributed by atoms with van der Waals surface area (Å²) >= 11 is 0. The van der Waals surface area contributed by atoms with Crippen LogP contribution in [-0.2, 0) is 11.0 Å². The highest BCUT2D eigenvalue weighted by Gasteiger charge is 2.32. The molecule has 1 aromatic rings. The largest absolute Gasteiger partial charge is 0.505 e. The highest BCUT2D eigenvalue weighted by molar-refractivity contribution is 6.76. The molecule has 0 aliphatic rings. The molecule has 5 heteroatoms. The third kappa shape index (κ3) is 5.61. The number of carbonyl (C=O) groups excluding carboxylic acids is 1. The molecule has 3 nitrogen and oxygen atoms in total. The van der Waals surface area contributed by atoms with Crippen molar-refractivity contribution >= 4 is 22.6 Å². The van der Waals surface area contributed by atoms with Crippen LogP contribution in [0.3, 0.4) is 0 Å². The molecule has 0 atom stereocenters. The molecule has 0 bridgehead atoms. The van der Waals surface area contributed by atoms with E-state index in [1.54, 1.807) is 0 Å². The van der Waals surface area contributed by atoms with Gasteiger partial charge in [-0.25, -0.2) is 4.79 Å². The van der Waals surface area contributed by atoms with Gasteiger partial charge in [0.2, 0.25) is 8.32 Å². The SMILES string of the molecule is C[Si](C)(C)OC(=O)N(Cc1ccccc1)[Si](C)(C)C. The molecule has 0 heterocycles. The zero-order valence-electron chi connectivity index (χ0n) is 12.9. The fraction of sp³-hybridized carbons (Fsp3) is 0.500. The predicted molar refractivity (Wildman–Crippen MR) is 85.2 cm³/mol. The van der Waals surface area contributed by atoms with Crippen LogP contribution in [0.15, 0.2) is 30.3 Å². The summed E-state index contributed by atoms with van der Waals surface area (Å²) in [5, 5.41) is 0. The standard InChI is InChI=1S/C14H25NO2Si2/c1-18(2,3)15(14(16)17-19(4,5)6)12-13-10-8-7-9-11-13/h7-11H,12H2,1-6H3. The van der Waals surface area contributed by atoms with Gasteiger partial charge < -0.3 is 8.99 Å². The maximum atomic E-state index is 12.4. The van der Waals surface area contributed by atoms with E-state index in [1.165, 1.54) is 0 Å². The Labute approximate surface area is 118 Å². The molecule has 0 saturated heterocycles. The maximum absolute atomic E-state index is 12.4. The molecule has 106 valence electrons. The van der Waals surface area contributed by atoms with Gasteiger partial charge in [0.25, 0.3) is 0 Å². The molecule has 0 aromatic heterocycles. The molecule has 0 saturated carbocycles. The van der Waals surface area contributed by atoms with E-state index in [-0.39, 0.29) is 6.09 Å². The summed E-state index contributed by atoms with van der Waals surface area (Å²) in [5.41, 5.74) is 1.15. The summed E-state index contributed by atoms with van der Waals surface area (Å²) in [5.74, 6) is 0. The van der Waals surface area contributed by atoms with E-state index in [0.717, 1.165) is 5.56 Å². The Bertz CT molecular complexity index is 421. The van der Waals surface area contributed by atoms with Crippen LogP contribution in [0.2, 0.25) is 39.3 Å². The summed E-state index contributed by atoms with van der Waals surface area (Å²) in [6.45, 7) is 13.3. The van der Waals surface area contributed by atoms with Crippen LogP contribution >= 0.6 is 0 Å². The lowest BCUT2D eigenvalue weighted by atomic mass is 10.2. The highest BCUT2D eigenvalue weighted by atomic mass is 28.4. The molecule has 0 spiro atoms. The van der Waals surface area contributed by atoms with Crippen molar-refractivity contribution < 1.29 is 9.22 Å². The van der Waals surface area contributed by atoms with E-state index in [4.69, 9.17) is 4.43 Å². The molecular weight excluding hydrogens is 270 g/mol. The minimum atomic E-state index is -1.85. The van der Waals surface area contributed by atoms with Crippen LogP contribution in [0.4, 0.5) is 4.79 Å². The van der Waals surface area contributed by atoms with E-state index < -0.39 is 16.6 Å². The van der Waals surface area contributed by atoms with E-state index in [1.807, 2.05) is 42.4 Å². The number of rotatable bonds is 4. The predicted octanol–water partition coefficient (Wildman–Crippen LogP) is 4.30. The van der Waals surface area contributed by atoms with Crippen molar-refractivity contribution in [1.82, 2.24) is 4.57 Å². The monoisotopic (exact) mass is 295 g/mol. The first-order valence-electron chi connectivity index (χ1n) is 6.64. The zero-order chi connectivity index (χ0) is 14.7. The molecule has 0 fully saturated rings. The average Bonchev–Trinajstić information content (AvgIpc) is 2.23. The van der Waals surface area contributed by atoms with Gasteiger partial charge in [0.15, 0.2) is 8.24 Å². The van der Waals surface area contributed by atoms with Gasteiger partial charge in [-0.3, -0.25) is 0 Å². The Morgan fingerprint density at radius 3 is 2.00 bits per heavy atom. The minimum Gasteiger partial charge on any atom is -0.505 e. The molecule has 19 heavy (non-hydrogen) atoms. The van der Waals surface area contributed by atoms with Gasteiger partial charge in [0.05, 0.1) is 0 Å². The van der Waals surface area contributed by atoms with Crippen molar-refractivity contribution in [3.8, 4) is 0 Å². The van der Waals surface area contributed by atoms with Gasteiger partial charge in [-0.2, -0.15) is 0 Å². The maximum Gasteiger partial charge on any atom is 0.388 e. The van der Waals surface area contributed by atoms with E-state index in [2.05, 4.69) is 31.8 Å². The molecular formula is C14H25NO2Si2. The summed E-state index contributed by atoms with van der Waals surface area (Å²) in [4.78, 5) is 12.4. The molecule has 1 aromatic carbocycles. The lowest BCUT2D eigenvalue weighted by Gasteiger charge is -2.35. The van der Waals surface area contributed by atoms with Crippen LogP contribution < -0.4 is 0 Å². The van der Waals surface area contributed by atoms with Crippen molar-refractivity contribution in [2.24, 2.45) is 0 Å². The van der Waals surface area contributed by atoms with Gasteiger partial charge in [-0.15, -0.1) is 0 Å². The smallest absolute Gasteiger partial charge is 0.388 e. The topological polar surface area (TPSA) is 29.5 Å². The third-order valence-electron chi connectivity index (χ3n) is 2.61. The minimum absolute atomic E-state index is 0.151. The second kappa shape index (κ2) is 5.92. The van der Waals surface area contributed by atoms with Crippen LogP contribution in [0.25, 0.3) is 0 Å². The molecule has 1 amide bonds. The van der Waals surface area contributed by atoms with Gasteiger partial charge >= 0.3 is 6.09 Å². The van der Waals surface area contributed by atoms with Crippen molar-refractivity contribution in [3.05, 3.63) is 35.9 Å². The van der Waals surface area contributed by atoms with E-state index >= 15 is 0 Å². The molecule has 0 radical (unpaired) electrons. The Morgan fingerprint density at radius 1 is 1.05 bits per heavy atom. The van der Waals surface area contributed by atoms with Crippen molar-refractivity contribution in [3.63, 3.8) is 0 Å². The number of hydrogen-bond acceptors (Lipinski definition) is 2. The summed E-state index contributed by atoms with van der Waals surface area (Å²) in [6.07, 6.45) is -0.151.